The number of para-hydroxylation sites is 1. The Morgan fingerprint density at radius 2 is 1.82 bits per heavy atom. The molecular formula is C20H22FN3O4. The van der Waals surface area contributed by atoms with E-state index in [1.54, 1.807) is 44.6 Å². The topological polar surface area (TPSA) is 69.9 Å². The van der Waals surface area contributed by atoms with Crippen molar-refractivity contribution in [3.63, 3.8) is 0 Å². The maximum Gasteiger partial charge on any atom is 0.241 e. The second-order valence-electron chi connectivity index (χ2n) is 6.10. The van der Waals surface area contributed by atoms with Crippen molar-refractivity contribution in [2.45, 2.75) is 6.54 Å². The van der Waals surface area contributed by atoms with E-state index in [0.29, 0.717) is 42.9 Å². The van der Waals surface area contributed by atoms with Crippen molar-refractivity contribution in [3.8, 4) is 28.6 Å². The van der Waals surface area contributed by atoms with Gasteiger partial charge in [0.15, 0.2) is 23.1 Å². The summed E-state index contributed by atoms with van der Waals surface area (Å²) in [5.41, 5.74) is 0.762. The average Bonchev–Trinajstić information content (AvgIpc) is 3.17. The number of hydrogen-bond acceptors (Lipinski definition) is 7. The molecule has 7 nitrogen and oxygen atoms in total. The van der Waals surface area contributed by atoms with E-state index in [4.69, 9.17) is 18.7 Å². The Hall–Kier alpha value is -3.13. The zero-order valence-electron chi connectivity index (χ0n) is 16.0. The van der Waals surface area contributed by atoms with Crippen LogP contribution in [0.25, 0.3) is 11.4 Å². The summed E-state index contributed by atoms with van der Waals surface area (Å²) in [6.45, 7) is 1.36. The molecule has 0 aliphatic carbocycles. The van der Waals surface area contributed by atoms with Crippen LogP contribution in [0.3, 0.4) is 0 Å². The molecule has 8 heteroatoms. The van der Waals surface area contributed by atoms with Crippen LogP contribution < -0.4 is 14.2 Å². The highest BCUT2D eigenvalue weighted by Crippen LogP contribution is 2.31. The lowest BCUT2D eigenvalue weighted by atomic mass is 10.2. The lowest BCUT2D eigenvalue weighted by Gasteiger charge is -2.14. The molecule has 0 bridgehead atoms. The molecule has 0 unspecified atom stereocenters. The first kappa shape index (κ1) is 19.6. The van der Waals surface area contributed by atoms with E-state index in [-0.39, 0.29) is 11.6 Å². The highest BCUT2D eigenvalue weighted by Gasteiger charge is 2.13. The third-order valence-electron chi connectivity index (χ3n) is 4.08. The standard InChI is InChI=1S/C20H22FN3O4/c1-24(10-11-27-16-7-5-4-6-15(16)21)13-19-22-20(23-28-19)14-8-9-17(25-2)18(12-14)26-3/h4-9,12H,10-11,13H2,1-3H3. The molecule has 3 aromatic rings. The van der Waals surface area contributed by atoms with Crippen LogP contribution in [-0.2, 0) is 6.54 Å². The Morgan fingerprint density at radius 3 is 2.57 bits per heavy atom. The number of likely N-dealkylation sites (N-methyl/N-ethyl adjacent to an activating group) is 1. The first-order valence-corrected chi connectivity index (χ1v) is 8.71. The van der Waals surface area contributed by atoms with Gasteiger partial charge in [0.2, 0.25) is 11.7 Å². The minimum Gasteiger partial charge on any atom is -0.493 e. The van der Waals surface area contributed by atoms with Crippen molar-refractivity contribution in [3.05, 3.63) is 54.2 Å². The predicted octanol–water partition coefficient (Wildman–Crippen LogP) is 3.40. The van der Waals surface area contributed by atoms with Crippen molar-refractivity contribution >= 4 is 0 Å². The Balaban J connectivity index is 1.56. The molecule has 0 saturated heterocycles. The first-order valence-electron chi connectivity index (χ1n) is 8.71. The van der Waals surface area contributed by atoms with Gasteiger partial charge in [-0.2, -0.15) is 4.98 Å². The molecule has 0 radical (unpaired) electrons. The summed E-state index contributed by atoms with van der Waals surface area (Å²) in [6.07, 6.45) is 0. The monoisotopic (exact) mass is 387 g/mol. The van der Waals surface area contributed by atoms with Crippen LogP contribution in [0.4, 0.5) is 4.39 Å². The summed E-state index contributed by atoms with van der Waals surface area (Å²) in [4.78, 5) is 6.37. The molecule has 0 spiro atoms. The lowest BCUT2D eigenvalue weighted by molar-refractivity contribution is 0.208. The molecule has 0 fully saturated rings. The molecule has 0 atom stereocenters. The zero-order valence-corrected chi connectivity index (χ0v) is 16.0. The number of ether oxygens (including phenoxy) is 3. The van der Waals surface area contributed by atoms with Crippen LogP contribution in [-0.4, -0.2) is 49.5 Å². The molecule has 0 aliphatic heterocycles. The summed E-state index contributed by atoms with van der Waals surface area (Å²) >= 11 is 0. The fraction of sp³-hybridized carbons (Fsp3) is 0.300. The number of halogens is 1. The van der Waals surface area contributed by atoms with Crippen LogP contribution in [0.1, 0.15) is 5.89 Å². The van der Waals surface area contributed by atoms with Crippen LogP contribution >= 0.6 is 0 Å². The fourth-order valence-corrected chi connectivity index (χ4v) is 2.59. The summed E-state index contributed by atoms with van der Waals surface area (Å²) in [7, 11) is 5.04. The van der Waals surface area contributed by atoms with Crippen molar-refractivity contribution in [2.75, 3.05) is 34.4 Å². The zero-order chi connectivity index (χ0) is 19.9. The second-order valence-corrected chi connectivity index (χ2v) is 6.10. The van der Waals surface area contributed by atoms with Gasteiger partial charge < -0.3 is 18.7 Å². The molecule has 0 aliphatic rings. The van der Waals surface area contributed by atoms with Gasteiger partial charge >= 0.3 is 0 Å². The van der Waals surface area contributed by atoms with Gasteiger partial charge in [0.1, 0.15) is 6.61 Å². The molecule has 1 aromatic heterocycles. The van der Waals surface area contributed by atoms with Gasteiger partial charge in [-0.05, 0) is 37.4 Å². The third-order valence-corrected chi connectivity index (χ3v) is 4.08. The minimum atomic E-state index is -0.374. The Morgan fingerprint density at radius 1 is 1.04 bits per heavy atom. The van der Waals surface area contributed by atoms with Crippen LogP contribution in [0.15, 0.2) is 47.0 Å². The maximum atomic E-state index is 13.5. The van der Waals surface area contributed by atoms with Crippen molar-refractivity contribution < 1.29 is 23.1 Å². The lowest BCUT2D eigenvalue weighted by Crippen LogP contribution is -2.24. The molecule has 148 valence electrons. The molecule has 0 amide bonds. The van der Waals surface area contributed by atoms with Gasteiger partial charge in [0.25, 0.3) is 0 Å². The van der Waals surface area contributed by atoms with Crippen molar-refractivity contribution in [1.82, 2.24) is 15.0 Å². The van der Waals surface area contributed by atoms with E-state index in [0.717, 1.165) is 5.56 Å². The number of hydrogen-bond donors (Lipinski definition) is 0. The van der Waals surface area contributed by atoms with E-state index >= 15 is 0 Å². The molecular weight excluding hydrogens is 365 g/mol. The highest BCUT2D eigenvalue weighted by atomic mass is 19.1. The van der Waals surface area contributed by atoms with E-state index in [1.807, 2.05) is 18.0 Å². The van der Waals surface area contributed by atoms with Gasteiger partial charge in [0, 0.05) is 12.1 Å². The van der Waals surface area contributed by atoms with Gasteiger partial charge in [-0.25, -0.2) is 4.39 Å². The highest BCUT2D eigenvalue weighted by molar-refractivity contribution is 5.60. The van der Waals surface area contributed by atoms with Crippen LogP contribution in [0.2, 0.25) is 0 Å². The normalized spacial score (nSPS) is 10.9. The largest absolute Gasteiger partial charge is 0.493 e. The average molecular weight is 387 g/mol. The fourth-order valence-electron chi connectivity index (χ4n) is 2.59. The Bertz CT molecular complexity index is 916. The number of benzene rings is 2. The van der Waals surface area contributed by atoms with Crippen LogP contribution in [0, 0.1) is 5.82 Å². The van der Waals surface area contributed by atoms with E-state index in [1.165, 1.54) is 6.07 Å². The molecule has 2 aromatic carbocycles. The van der Waals surface area contributed by atoms with Crippen molar-refractivity contribution in [2.24, 2.45) is 0 Å². The number of rotatable bonds is 9. The third kappa shape index (κ3) is 4.77. The summed E-state index contributed by atoms with van der Waals surface area (Å²) in [6, 6.07) is 11.7. The van der Waals surface area contributed by atoms with E-state index in [9.17, 15) is 4.39 Å². The molecule has 0 saturated carbocycles. The maximum absolute atomic E-state index is 13.5. The first-order chi connectivity index (χ1) is 13.6. The van der Waals surface area contributed by atoms with Gasteiger partial charge in [-0.15, -0.1) is 0 Å². The number of methoxy groups -OCH3 is 2. The summed E-state index contributed by atoms with van der Waals surface area (Å²) in [5.74, 6) is 2.02. The van der Waals surface area contributed by atoms with Gasteiger partial charge in [-0.3, -0.25) is 4.90 Å². The van der Waals surface area contributed by atoms with Crippen molar-refractivity contribution in [1.29, 1.82) is 0 Å². The molecule has 1 heterocycles. The quantitative estimate of drug-likeness (QED) is 0.557. The predicted molar refractivity (Wildman–Crippen MR) is 101 cm³/mol. The van der Waals surface area contributed by atoms with E-state index in [2.05, 4.69) is 10.1 Å². The van der Waals surface area contributed by atoms with Crippen LogP contribution in [0.5, 0.6) is 17.2 Å². The van der Waals surface area contributed by atoms with Gasteiger partial charge in [-0.1, -0.05) is 17.3 Å². The molecule has 0 N–H and O–H groups in total. The number of nitrogens with zero attached hydrogens (tertiary/aromatic N) is 3. The van der Waals surface area contributed by atoms with Gasteiger partial charge in [0.05, 0.1) is 20.8 Å². The van der Waals surface area contributed by atoms with E-state index < -0.39 is 0 Å². The SMILES string of the molecule is COc1ccc(-c2noc(CN(C)CCOc3ccccc3F)n2)cc1OC. The minimum absolute atomic E-state index is 0.240. The molecule has 3 rings (SSSR count). The number of aromatic nitrogens is 2. The summed E-state index contributed by atoms with van der Waals surface area (Å²) < 4.78 is 34.9. The second kappa shape index (κ2) is 9.18. The Labute approximate surface area is 162 Å². The Kier molecular flexibility index (Phi) is 6.44. The smallest absolute Gasteiger partial charge is 0.241 e. The summed E-state index contributed by atoms with van der Waals surface area (Å²) in [5, 5.41) is 4.02. The molecule has 28 heavy (non-hydrogen) atoms.